The van der Waals surface area contributed by atoms with E-state index in [1.807, 2.05) is 17.9 Å². The summed E-state index contributed by atoms with van der Waals surface area (Å²) in [7, 11) is -2.97. The zero-order chi connectivity index (χ0) is 14.0. The van der Waals surface area contributed by atoms with Crippen molar-refractivity contribution in [1.29, 1.82) is 0 Å². The van der Waals surface area contributed by atoms with E-state index in [1.54, 1.807) is 12.1 Å². The molecular formula is C14H20FNO2S. The van der Waals surface area contributed by atoms with Crippen LogP contribution in [0.5, 0.6) is 0 Å². The summed E-state index contributed by atoms with van der Waals surface area (Å²) in [5.41, 5.74) is 1.57. The van der Waals surface area contributed by atoms with E-state index in [0.29, 0.717) is 31.6 Å². The van der Waals surface area contributed by atoms with Crippen molar-refractivity contribution in [3.05, 3.63) is 29.6 Å². The van der Waals surface area contributed by atoms with Crippen molar-refractivity contribution in [2.75, 3.05) is 24.2 Å². The first-order chi connectivity index (χ1) is 8.91. The molecular weight excluding hydrogens is 265 g/mol. The second-order valence-electron chi connectivity index (χ2n) is 5.16. The molecule has 3 nitrogen and oxygen atoms in total. The fourth-order valence-electron chi connectivity index (χ4n) is 2.55. The number of sulfone groups is 1. The van der Waals surface area contributed by atoms with Crippen LogP contribution in [-0.2, 0) is 16.3 Å². The highest BCUT2D eigenvalue weighted by molar-refractivity contribution is 7.91. The molecule has 0 amide bonds. The van der Waals surface area contributed by atoms with Gasteiger partial charge in [-0.3, -0.25) is 0 Å². The summed E-state index contributed by atoms with van der Waals surface area (Å²) in [5.74, 6) is -0.211. The van der Waals surface area contributed by atoms with Crippen LogP contribution in [0.2, 0.25) is 0 Å². The van der Waals surface area contributed by atoms with Crippen molar-refractivity contribution < 1.29 is 12.8 Å². The summed E-state index contributed by atoms with van der Waals surface area (Å²) in [6, 6.07) is 5.30. The predicted molar refractivity (Wildman–Crippen MR) is 75.9 cm³/mol. The highest BCUT2D eigenvalue weighted by Crippen LogP contribution is 2.26. The highest BCUT2D eigenvalue weighted by atomic mass is 32.2. The van der Waals surface area contributed by atoms with Crippen LogP contribution in [0.3, 0.4) is 0 Å². The maximum Gasteiger partial charge on any atom is 0.150 e. The van der Waals surface area contributed by atoms with E-state index in [4.69, 9.17) is 0 Å². The maximum atomic E-state index is 14.0. The number of halogens is 1. The molecule has 0 radical (unpaired) electrons. The fraction of sp³-hybridized carbons (Fsp3) is 0.571. The molecule has 1 aromatic rings. The van der Waals surface area contributed by atoms with Crippen molar-refractivity contribution in [1.82, 2.24) is 0 Å². The van der Waals surface area contributed by atoms with Gasteiger partial charge in [-0.05, 0) is 37.0 Å². The number of hydrogen-bond donors (Lipinski definition) is 0. The van der Waals surface area contributed by atoms with Gasteiger partial charge in [0.1, 0.15) is 15.7 Å². The second kappa shape index (κ2) is 5.49. The van der Waals surface area contributed by atoms with Gasteiger partial charge in [-0.2, -0.15) is 0 Å². The Morgan fingerprint density at radius 3 is 2.42 bits per heavy atom. The van der Waals surface area contributed by atoms with E-state index >= 15 is 0 Å². The molecule has 0 spiro atoms. The fourth-order valence-corrected chi connectivity index (χ4v) is 3.62. The lowest BCUT2D eigenvalue weighted by Crippen LogP contribution is -2.39. The van der Waals surface area contributed by atoms with E-state index in [-0.39, 0.29) is 11.1 Å². The number of anilines is 1. The lowest BCUT2D eigenvalue weighted by molar-refractivity contribution is 0.527. The Bertz CT molecular complexity index is 549. The number of piperidine rings is 1. The molecule has 0 aliphatic carbocycles. The molecule has 0 N–H and O–H groups in total. The minimum Gasteiger partial charge on any atom is -0.369 e. The summed E-state index contributed by atoms with van der Waals surface area (Å²) < 4.78 is 37.0. The van der Waals surface area contributed by atoms with Crippen LogP contribution >= 0.6 is 0 Å². The van der Waals surface area contributed by atoms with Crippen LogP contribution in [-0.4, -0.2) is 33.0 Å². The lowest BCUT2D eigenvalue weighted by atomic mass is 10.1. The molecule has 106 valence electrons. The zero-order valence-electron chi connectivity index (χ0n) is 11.4. The molecule has 1 aliphatic heterocycles. The Kier molecular flexibility index (Phi) is 4.13. The van der Waals surface area contributed by atoms with Gasteiger partial charge in [0.25, 0.3) is 0 Å². The van der Waals surface area contributed by atoms with Crippen LogP contribution in [0.1, 0.15) is 25.3 Å². The standard InChI is InChI=1S/C14H20FNO2S/c1-3-11-4-5-14(13(15)10-11)16-8-6-12(7-9-16)19(2,17)18/h4-5,10,12H,3,6-9H2,1-2H3. The first kappa shape index (κ1) is 14.3. The van der Waals surface area contributed by atoms with Gasteiger partial charge < -0.3 is 4.90 Å². The van der Waals surface area contributed by atoms with Gasteiger partial charge in [0, 0.05) is 19.3 Å². The average molecular weight is 285 g/mol. The third-order valence-corrected chi connectivity index (χ3v) is 5.49. The number of hydrogen-bond acceptors (Lipinski definition) is 3. The number of aryl methyl sites for hydroxylation is 1. The first-order valence-electron chi connectivity index (χ1n) is 6.64. The molecule has 5 heteroatoms. The van der Waals surface area contributed by atoms with Crippen molar-refractivity contribution >= 4 is 15.5 Å². The lowest BCUT2D eigenvalue weighted by Gasteiger charge is -2.33. The molecule has 0 bridgehead atoms. The van der Waals surface area contributed by atoms with Gasteiger partial charge in [0.05, 0.1) is 10.9 Å². The Morgan fingerprint density at radius 2 is 1.95 bits per heavy atom. The monoisotopic (exact) mass is 285 g/mol. The van der Waals surface area contributed by atoms with Crippen molar-refractivity contribution in [2.45, 2.75) is 31.4 Å². The molecule has 1 aromatic carbocycles. The van der Waals surface area contributed by atoms with Gasteiger partial charge in [0.2, 0.25) is 0 Å². The number of benzene rings is 1. The van der Waals surface area contributed by atoms with Crippen LogP contribution in [0.25, 0.3) is 0 Å². The highest BCUT2D eigenvalue weighted by Gasteiger charge is 2.27. The van der Waals surface area contributed by atoms with Crippen LogP contribution < -0.4 is 4.90 Å². The van der Waals surface area contributed by atoms with E-state index < -0.39 is 9.84 Å². The molecule has 0 aromatic heterocycles. The SMILES string of the molecule is CCc1ccc(N2CCC(S(C)(=O)=O)CC2)c(F)c1. The van der Waals surface area contributed by atoms with E-state index in [2.05, 4.69) is 0 Å². The second-order valence-corrected chi connectivity index (χ2v) is 7.48. The Balaban J connectivity index is 2.10. The summed E-state index contributed by atoms with van der Waals surface area (Å²) in [5, 5.41) is -0.276. The molecule has 1 aliphatic rings. The summed E-state index contributed by atoms with van der Waals surface area (Å²) in [6.45, 7) is 3.19. The number of nitrogens with zero attached hydrogens (tertiary/aromatic N) is 1. The van der Waals surface area contributed by atoms with E-state index in [1.165, 1.54) is 6.26 Å². The largest absolute Gasteiger partial charge is 0.369 e. The minimum absolute atomic E-state index is 0.211. The van der Waals surface area contributed by atoms with Crippen molar-refractivity contribution in [3.8, 4) is 0 Å². The minimum atomic E-state index is -2.97. The van der Waals surface area contributed by atoms with Crippen molar-refractivity contribution in [2.24, 2.45) is 0 Å². The molecule has 19 heavy (non-hydrogen) atoms. The zero-order valence-corrected chi connectivity index (χ0v) is 12.2. The maximum absolute atomic E-state index is 14.0. The quantitative estimate of drug-likeness (QED) is 0.856. The van der Waals surface area contributed by atoms with E-state index in [0.717, 1.165) is 12.0 Å². The Labute approximate surface area is 114 Å². The normalized spacial score (nSPS) is 17.7. The van der Waals surface area contributed by atoms with Gasteiger partial charge in [-0.15, -0.1) is 0 Å². The molecule has 1 fully saturated rings. The third kappa shape index (κ3) is 3.26. The summed E-state index contributed by atoms with van der Waals surface area (Å²) in [6.07, 6.45) is 3.25. The Hall–Kier alpha value is -1.10. The van der Waals surface area contributed by atoms with Gasteiger partial charge in [-0.25, -0.2) is 12.8 Å². The molecule has 1 saturated heterocycles. The summed E-state index contributed by atoms with van der Waals surface area (Å²) in [4.78, 5) is 1.94. The van der Waals surface area contributed by atoms with Crippen molar-refractivity contribution in [3.63, 3.8) is 0 Å². The summed E-state index contributed by atoms with van der Waals surface area (Å²) >= 11 is 0. The van der Waals surface area contributed by atoms with Gasteiger partial charge >= 0.3 is 0 Å². The van der Waals surface area contributed by atoms with Crippen LogP contribution in [0.4, 0.5) is 10.1 Å². The molecule has 0 unspecified atom stereocenters. The van der Waals surface area contributed by atoms with Crippen LogP contribution in [0, 0.1) is 5.82 Å². The van der Waals surface area contributed by atoms with Gasteiger partial charge in [0.15, 0.2) is 0 Å². The topological polar surface area (TPSA) is 37.4 Å². The van der Waals surface area contributed by atoms with Crippen LogP contribution in [0.15, 0.2) is 18.2 Å². The Morgan fingerprint density at radius 1 is 1.32 bits per heavy atom. The van der Waals surface area contributed by atoms with Gasteiger partial charge in [-0.1, -0.05) is 13.0 Å². The first-order valence-corrected chi connectivity index (χ1v) is 8.59. The van der Waals surface area contributed by atoms with E-state index in [9.17, 15) is 12.8 Å². The third-order valence-electron chi connectivity index (χ3n) is 3.81. The average Bonchev–Trinajstić information content (AvgIpc) is 2.37. The predicted octanol–water partition coefficient (Wildman–Crippen LogP) is 2.40. The molecule has 1 heterocycles. The smallest absolute Gasteiger partial charge is 0.150 e. The molecule has 0 saturated carbocycles. The molecule has 2 rings (SSSR count). The number of rotatable bonds is 3. The molecule has 0 atom stereocenters.